The molecule has 0 unspecified atom stereocenters. The Bertz CT molecular complexity index is 572. The molecule has 0 saturated carbocycles. The van der Waals surface area contributed by atoms with Crippen LogP contribution in [0.4, 0.5) is 10.6 Å². The highest BCUT2D eigenvalue weighted by Gasteiger charge is 2.29. The Kier molecular flexibility index (Phi) is 3.93. The Morgan fingerprint density at radius 3 is 2.57 bits per heavy atom. The molecule has 2 heterocycles. The normalized spacial score (nSPS) is 14.6. The molecule has 7 heteroatoms. The van der Waals surface area contributed by atoms with E-state index in [1.165, 1.54) is 6.92 Å². The van der Waals surface area contributed by atoms with Crippen molar-refractivity contribution in [3.05, 3.63) is 11.3 Å². The van der Waals surface area contributed by atoms with Crippen LogP contribution in [0.1, 0.15) is 39.0 Å². The van der Waals surface area contributed by atoms with Gasteiger partial charge in [0.15, 0.2) is 0 Å². The number of rotatable bonds is 1. The minimum absolute atomic E-state index is 0.157. The van der Waals surface area contributed by atoms with Crippen LogP contribution in [0.25, 0.3) is 0 Å². The Morgan fingerprint density at radius 1 is 1.33 bits per heavy atom. The van der Waals surface area contributed by atoms with E-state index in [9.17, 15) is 9.59 Å². The number of nitrogens with one attached hydrogen (secondary N) is 1. The average Bonchev–Trinajstić information content (AvgIpc) is 2.62. The van der Waals surface area contributed by atoms with Gasteiger partial charge in [0.25, 0.3) is 0 Å². The van der Waals surface area contributed by atoms with Gasteiger partial charge < -0.3 is 15.0 Å². The van der Waals surface area contributed by atoms with E-state index in [1.54, 1.807) is 16.6 Å². The molecule has 1 aromatic rings. The molecule has 1 aromatic heterocycles. The van der Waals surface area contributed by atoms with Gasteiger partial charge in [0, 0.05) is 32.5 Å². The number of aryl methyl sites for hydroxylation is 1. The lowest BCUT2D eigenvalue weighted by molar-refractivity contribution is -0.114. The lowest BCUT2D eigenvalue weighted by atomic mass is 10.1. The third kappa shape index (κ3) is 3.53. The van der Waals surface area contributed by atoms with Crippen LogP contribution in [-0.4, -0.2) is 38.8 Å². The zero-order chi connectivity index (χ0) is 15.8. The minimum atomic E-state index is -0.521. The number of fused-ring (bicyclic) bond motifs is 1. The van der Waals surface area contributed by atoms with Crippen LogP contribution in [0.2, 0.25) is 0 Å². The Morgan fingerprint density at radius 2 is 2.00 bits per heavy atom. The molecule has 1 N–H and O–H groups in total. The number of nitrogens with zero attached hydrogens (tertiary/aromatic N) is 3. The molecule has 0 saturated heterocycles. The van der Waals surface area contributed by atoms with Crippen molar-refractivity contribution >= 4 is 17.8 Å². The molecule has 0 aromatic carbocycles. The quantitative estimate of drug-likeness (QED) is 0.855. The van der Waals surface area contributed by atoms with Crippen molar-refractivity contribution in [2.75, 3.05) is 11.9 Å². The maximum atomic E-state index is 12.2. The number of hydrogen-bond donors (Lipinski definition) is 1. The maximum Gasteiger partial charge on any atom is 0.410 e. The largest absolute Gasteiger partial charge is 0.444 e. The van der Waals surface area contributed by atoms with Crippen molar-refractivity contribution < 1.29 is 14.3 Å². The van der Waals surface area contributed by atoms with Gasteiger partial charge in [-0.25, -0.2) is 4.79 Å². The maximum absolute atomic E-state index is 12.2. The van der Waals surface area contributed by atoms with Crippen molar-refractivity contribution in [1.82, 2.24) is 14.7 Å². The Labute approximate surface area is 124 Å². The third-order valence-corrected chi connectivity index (χ3v) is 3.14. The molecule has 0 radical (unpaired) electrons. The van der Waals surface area contributed by atoms with E-state index < -0.39 is 5.60 Å². The summed E-state index contributed by atoms with van der Waals surface area (Å²) in [6, 6.07) is 0. The molecule has 1 aliphatic heterocycles. The summed E-state index contributed by atoms with van der Waals surface area (Å²) >= 11 is 0. The standard InChI is InChI=1S/C14H22N4O3/c1-9(19)15-12-10-8-18(13(20)21-14(2,3)4)7-6-11(10)16-17(12)5/h6-8H2,1-5H3,(H,15,19). The summed E-state index contributed by atoms with van der Waals surface area (Å²) in [5, 5.41) is 7.17. The van der Waals surface area contributed by atoms with Crippen molar-refractivity contribution in [3.8, 4) is 0 Å². The lowest BCUT2D eigenvalue weighted by Gasteiger charge is -2.29. The molecule has 2 rings (SSSR count). The number of carbonyl (C=O) groups excluding carboxylic acids is 2. The number of carbonyl (C=O) groups is 2. The highest BCUT2D eigenvalue weighted by Crippen LogP contribution is 2.26. The predicted octanol–water partition coefficient (Wildman–Crippen LogP) is 1.67. The number of ether oxygens (including phenoxy) is 1. The van der Waals surface area contributed by atoms with Crippen molar-refractivity contribution in [2.24, 2.45) is 7.05 Å². The van der Waals surface area contributed by atoms with E-state index in [-0.39, 0.29) is 12.0 Å². The minimum Gasteiger partial charge on any atom is -0.444 e. The van der Waals surface area contributed by atoms with E-state index in [0.717, 1.165) is 11.3 Å². The van der Waals surface area contributed by atoms with Crippen LogP contribution in [0.3, 0.4) is 0 Å². The van der Waals surface area contributed by atoms with Gasteiger partial charge in [0.1, 0.15) is 11.4 Å². The molecule has 0 atom stereocenters. The number of anilines is 1. The molecule has 0 bridgehead atoms. The van der Waals surface area contributed by atoms with Crippen LogP contribution in [0.5, 0.6) is 0 Å². The third-order valence-electron chi connectivity index (χ3n) is 3.14. The molecule has 0 aliphatic carbocycles. The molecule has 0 spiro atoms. The van der Waals surface area contributed by atoms with Crippen LogP contribution < -0.4 is 5.32 Å². The molecule has 2 amide bonds. The molecule has 7 nitrogen and oxygen atoms in total. The fourth-order valence-corrected chi connectivity index (χ4v) is 2.31. The van der Waals surface area contributed by atoms with Crippen LogP contribution in [0.15, 0.2) is 0 Å². The number of aromatic nitrogens is 2. The van der Waals surface area contributed by atoms with Gasteiger partial charge in [-0.1, -0.05) is 0 Å². The first-order valence-electron chi connectivity index (χ1n) is 6.97. The molecule has 116 valence electrons. The highest BCUT2D eigenvalue weighted by atomic mass is 16.6. The van der Waals surface area contributed by atoms with Gasteiger partial charge >= 0.3 is 6.09 Å². The average molecular weight is 294 g/mol. The first kappa shape index (κ1) is 15.3. The second-order valence-corrected chi connectivity index (χ2v) is 6.23. The number of amides is 2. The van der Waals surface area contributed by atoms with Crippen LogP contribution >= 0.6 is 0 Å². The zero-order valence-electron chi connectivity index (χ0n) is 13.2. The van der Waals surface area contributed by atoms with Crippen LogP contribution in [-0.2, 0) is 29.5 Å². The predicted molar refractivity (Wildman–Crippen MR) is 77.9 cm³/mol. The smallest absolute Gasteiger partial charge is 0.410 e. The lowest BCUT2D eigenvalue weighted by Crippen LogP contribution is -2.39. The van der Waals surface area contributed by atoms with Gasteiger partial charge in [-0.3, -0.25) is 9.48 Å². The van der Waals surface area contributed by atoms with Gasteiger partial charge in [-0.05, 0) is 20.8 Å². The Balaban J connectivity index is 2.19. The van der Waals surface area contributed by atoms with E-state index in [4.69, 9.17) is 4.74 Å². The van der Waals surface area contributed by atoms with Crippen molar-refractivity contribution in [1.29, 1.82) is 0 Å². The van der Waals surface area contributed by atoms with E-state index in [0.29, 0.717) is 25.3 Å². The second-order valence-electron chi connectivity index (χ2n) is 6.23. The van der Waals surface area contributed by atoms with E-state index in [1.807, 2.05) is 20.8 Å². The first-order chi connectivity index (χ1) is 9.67. The first-order valence-corrected chi connectivity index (χ1v) is 6.97. The molecule has 1 aliphatic rings. The summed E-state index contributed by atoms with van der Waals surface area (Å²) in [6.07, 6.45) is 0.313. The molecular formula is C14H22N4O3. The summed E-state index contributed by atoms with van der Waals surface area (Å²) in [5.41, 5.74) is 1.28. The van der Waals surface area contributed by atoms with Crippen LogP contribution in [0, 0.1) is 0 Å². The molecular weight excluding hydrogens is 272 g/mol. The zero-order valence-corrected chi connectivity index (χ0v) is 13.2. The SMILES string of the molecule is CC(=O)Nc1c2c(nn1C)CCN(C(=O)OC(C)(C)C)C2. The van der Waals surface area contributed by atoms with Gasteiger partial charge in [0.05, 0.1) is 12.2 Å². The fraction of sp³-hybridized carbons (Fsp3) is 0.643. The van der Waals surface area contributed by atoms with Gasteiger partial charge in [-0.15, -0.1) is 0 Å². The van der Waals surface area contributed by atoms with Gasteiger partial charge in [-0.2, -0.15) is 5.10 Å². The van der Waals surface area contributed by atoms with E-state index in [2.05, 4.69) is 10.4 Å². The summed E-state index contributed by atoms with van der Waals surface area (Å²) in [5.74, 6) is 0.487. The summed E-state index contributed by atoms with van der Waals surface area (Å²) < 4.78 is 7.04. The monoisotopic (exact) mass is 294 g/mol. The van der Waals surface area contributed by atoms with Gasteiger partial charge in [0.2, 0.25) is 5.91 Å². The Hall–Kier alpha value is -2.05. The highest BCUT2D eigenvalue weighted by molar-refractivity contribution is 5.88. The van der Waals surface area contributed by atoms with Crippen molar-refractivity contribution in [3.63, 3.8) is 0 Å². The van der Waals surface area contributed by atoms with Crippen molar-refractivity contribution in [2.45, 2.75) is 46.3 Å². The summed E-state index contributed by atoms with van der Waals surface area (Å²) in [4.78, 5) is 25.1. The van der Waals surface area contributed by atoms with E-state index >= 15 is 0 Å². The topological polar surface area (TPSA) is 76.5 Å². The second kappa shape index (κ2) is 5.38. The fourth-order valence-electron chi connectivity index (χ4n) is 2.31. The number of hydrogen-bond acceptors (Lipinski definition) is 4. The summed E-state index contributed by atoms with van der Waals surface area (Å²) in [6.45, 7) is 7.94. The summed E-state index contributed by atoms with van der Waals surface area (Å²) in [7, 11) is 1.78. The molecule has 0 fully saturated rings. The molecule has 21 heavy (non-hydrogen) atoms.